The first-order chi connectivity index (χ1) is 8.16. The predicted molar refractivity (Wildman–Crippen MR) is 71.1 cm³/mol. The second-order valence-corrected chi connectivity index (χ2v) is 5.40. The number of rotatable bonds is 3. The van der Waals surface area contributed by atoms with Gasteiger partial charge < -0.3 is 10.0 Å². The molecule has 0 spiro atoms. The summed E-state index contributed by atoms with van der Waals surface area (Å²) in [7, 11) is 0. The summed E-state index contributed by atoms with van der Waals surface area (Å²) in [5.41, 5.74) is 1.39. The highest BCUT2D eigenvalue weighted by Crippen LogP contribution is 2.21. The lowest BCUT2D eigenvalue weighted by molar-refractivity contribution is 0.0274. The van der Waals surface area contributed by atoms with Crippen molar-refractivity contribution in [1.82, 2.24) is 4.90 Å². The number of β-amino-alcohol motifs (C(OH)–C–C–N with tert-alkyl or cyclic N) is 1. The van der Waals surface area contributed by atoms with Crippen molar-refractivity contribution in [1.29, 1.82) is 0 Å². The van der Waals surface area contributed by atoms with Crippen LogP contribution in [0.25, 0.3) is 0 Å². The van der Waals surface area contributed by atoms with Gasteiger partial charge in [-0.3, -0.25) is 0 Å². The summed E-state index contributed by atoms with van der Waals surface area (Å²) in [6.07, 6.45) is 0.967. The highest BCUT2D eigenvalue weighted by molar-refractivity contribution is 5.19. The zero-order chi connectivity index (χ0) is 12.3. The van der Waals surface area contributed by atoms with Crippen molar-refractivity contribution in [2.45, 2.75) is 32.3 Å². The van der Waals surface area contributed by atoms with Gasteiger partial charge in [-0.15, -0.1) is 0 Å². The molecule has 1 heterocycles. The van der Waals surface area contributed by atoms with Crippen LogP contribution in [0.3, 0.4) is 0 Å². The molecule has 0 amide bonds. The Morgan fingerprint density at radius 2 is 2.06 bits per heavy atom. The summed E-state index contributed by atoms with van der Waals surface area (Å²) in [6.45, 7) is 7.41. The first-order valence-electron chi connectivity index (χ1n) is 6.62. The molecule has 1 aliphatic rings. The molecule has 94 valence electrons. The van der Waals surface area contributed by atoms with Crippen LogP contribution < -0.4 is 0 Å². The van der Waals surface area contributed by atoms with Crippen LogP contribution in [0.15, 0.2) is 30.3 Å². The van der Waals surface area contributed by atoms with Gasteiger partial charge in [0.2, 0.25) is 0 Å². The summed E-state index contributed by atoms with van der Waals surface area (Å²) >= 11 is 0. The molecule has 0 aliphatic carbocycles. The van der Waals surface area contributed by atoms with Crippen LogP contribution in [0, 0.1) is 5.92 Å². The van der Waals surface area contributed by atoms with Crippen molar-refractivity contribution in [2.24, 2.45) is 5.92 Å². The van der Waals surface area contributed by atoms with E-state index in [2.05, 4.69) is 49.1 Å². The molecule has 1 aromatic rings. The number of aliphatic hydroxyl groups is 1. The van der Waals surface area contributed by atoms with Crippen LogP contribution in [0.2, 0.25) is 0 Å². The van der Waals surface area contributed by atoms with Gasteiger partial charge in [0.05, 0.1) is 6.10 Å². The quantitative estimate of drug-likeness (QED) is 0.867. The summed E-state index contributed by atoms with van der Waals surface area (Å²) in [4.78, 5) is 2.39. The van der Waals surface area contributed by atoms with E-state index in [0.717, 1.165) is 26.1 Å². The maximum atomic E-state index is 9.89. The monoisotopic (exact) mass is 233 g/mol. The van der Waals surface area contributed by atoms with Crippen LogP contribution in [0.5, 0.6) is 0 Å². The first kappa shape index (κ1) is 12.6. The molecule has 0 bridgehead atoms. The molecular formula is C15H23NO. The van der Waals surface area contributed by atoms with Gasteiger partial charge in [0.25, 0.3) is 0 Å². The summed E-state index contributed by atoms with van der Waals surface area (Å²) in [5.74, 6) is 0.995. The number of hydrogen-bond acceptors (Lipinski definition) is 2. The maximum absolute atomic E-state index is 9.89. The minimum Gasteiger partial charge on any atom is -0.392 e. The minimum atomic E-state index is -0.147. The lowest BCUT2D eigenvalue weighted by atomic mass is 9.94. The van der Waals surface area contributed by atoms with Crippen LogP contribution in [-0.4, -0.2) is 35.7 Å². The van der Waals surface area contributed by atoms with E-state index in [4.69, 9.17) is 0 Å². The molecule has 0 saturated carbocycles. The number of aliphatic hydroxyl groups excluding tert-OH is 1. The van der Waals surface area contributed by atoms with E-state index in [1.54, 1.807) is 0 Å². The molecule has 0 radical (unpaired) electrons. The topological polar surface area (TPSA) is 23.5 Å². The Balaban J connectivity index is 1.89. The highest BCUT2D eigenvalue weighted by Gasteiger charge is 2.25. The predicted octanol–water partition coefficient (Wildman–Crippen LogP) is 2.49. The number of benzene rings is 1. The van der Waals surface area contributed by atoms with Crippen LogP contribution in [-0.2, 0) is 0 Å². The fourth-order valence-electron chi connectivity index (χ4n) is 2.55. The average molecular weight is 233 g/mol. The zero-order valence-electron chi connectivity index (χ0n) is 10.8. The fraction of sp³-hybridized carbons (Fsp3) is 0.600. The number of likely N-dealkylation sites (tertiary alicyclic amines) is 1. The van der Waals surface area contributed by atoms with Crippen LogP contribution in [0.4, 0.5) is 0 Å². The van der Waals surface area contributed by atoms with Gasteiger partial charge in [-0.05, 0) is 30.4 Å². The van der Waals surface area contributed by atoms with E-state index in [9.17, 15) is 5.11 Å². The van der Waals surface area contributed by atoms with E-state index in [1.807, 2.05) is 0 Å². The van der Waals surface area contributed by atoms with Crippen molar-refractivity contribution >= 4 is 0 Å². The van der Waals surface area contributed by atoms with E-state index >= 15 is 0 Å². The normalized spacial score (nSPS) is 27.9. The number of nitrogens with zero attached hydrogens (tertiary/aromatic N) is 1. The minimum absolute atomic E-state index is 0.147. The highest BCUT2D eigenvalue weighted by atomic mass is 16.3. The Bertz CT molecular complexity index is 338. The molecule has 1 N–H and O–H groups in total. The van der Waals surface area contributed by atoms with Crippen LogP contribution in [0.1, 0.15) is 31.7 Å². The average Bonchev–Trinajstić information content (AvgIpc) is 2.35. The maximum Gasteiger partial charge on any atom is 0.0693 e. The standard InChI is InChI=1S/C15H23NO/c1-12-8-9-16(11-15(12)17)10-13(2)14-6-4-3-5-7-14/h3-7,12-13,15,17H,8-11H2,1-2H3. The van der Waals surface area contributed by atoms with E-state index < -0.39 is 0 Å². The Morgan fingerprint density at radius 1 is 1.35 bits per heavy atom. The van der Waals surface area contributed by atoms with Gasteiger partial charge in [0, 0.05) is 13.1 Å². The Morgan fingerprint density at radius 3 is 2.71 bits per heavy atom. The summed E-state index contributed by atoms with van der Waals surface area (Å²) < 4.78 is 0. The smallest absolute Gasteiger partial charge is 0.0693 e. The second kappa shape index (κ2) is 5.65. The molecule has 2 heteroatoms. The van der Waals surface area contributed by atoms with Gasteiger partial charge in [-0.25, -0.2) is 0 Å². The van der Waals surface area contributed by atoms with E-state index in [0.29, 0.717) is 11.8 Å². The lowest BCUT2D eigenvalue weighted by Gasteiger charge is -2.35. The third-order valence-electron chi connectivity index (χ3n) is 3.90. The van der Waals surface area contributed by atoms with E-state index in [-0.39, 0.29) is 6.10 Å². The van der Waals surface area contributed by atoms with Crippen molar-refractivity contribution in [3.05, 3.63) is 35.9 Å². The molecule has 1 saturated heterocycles. The molecule has 3 unspecified atom stereocenters. The van der Waals surface area contributed by atoms with E-state index in [1.165, 1.54) is 5.56 Å². The third-order valence-corrected chi connectivity index (χ3v) is 3.90. The molecule has 0 aromatic heterocycles. The number of piperidine rings is 1. The summed E-state index contributed by atoms with van der Waals surface area (Å²) in [6, 6.07) is 10.6. The third kappa shape index (κ3) is 3.30. The molecule has 1 fully saturated rings. The van der Waals surface area contributed by atoms with Crippen molar-refractivity contribution in [3.8, 4) is 0 Å². The fourth-order valence-corrected chi connectivity index (χ4v) is 2.55. The zero-order valence-corrected chi connectivity index (χ0v) is 10.8. The largest absolute Gasteiger partial charge is 0.392 e. The molecule has 1 aromatic carbocycles. The molecule has 1 aliphatic heterocycles. The molecule has 2 nitrogen and oxygen atoms in total. The Kier molecular flexibility index (Phi) is 4.19. The van der Waals surface area contributed by atoms with Gasteiger partial charge in [-0.2, -0.15) is 0 Å². The molecular weight excluding hydrogens is 210 g/mol. The summed E-state index contributed by atoms with van der Waals surface area (Å²) in [5, 5.41) is 9.89. The van der Waals surface area contributed by atoms with Crippen molar-refractivity contribution in [3.63, 3.8) is 0 Å². The number of hydrogen-bond donors (Lipinski definition) is 1. The van der Waals surface area contributed by atoms with Gasteiger partial charge in [0.1, 0.15) is 0 Å². The lowest BCUT2D eigenvalue weighted by Crippen LogP contribution is -2.44. The van der Waals surface area contributed by atoms with Crippen molar-refractivity contribution in [2.75, 3.05) is 19.6 Å². The molecule has 17 heavy (non-hydrogen) atoms. The van der Waals surface area contributed by atoms with Gasteiger partial charge in [-0.1, -0.05) is 44.2 Å². The van der Waals surface area contributed by atoms with Gasteiger partial charge >= 0.3 is 0 Å². The molecule has 2 rings (SSSR count). The Labute approximate surface area is 104 Å². The van der Waals surface area contributed by atoms with Crippen LogP contribution >= 0.6 is 0 Å². The second-order valence-electron chi connectivity index (χ2n) is 5.40. The van der Waals surface area contributed by atoms with Crippen molar-refractivity contribution < 1.29 is 5.11 Å². The first-order valence-corrected chi connectivity index (χ1v) is 6.62. The SMILES string of the molecule is CC(CN1CCC(C)C(O)C1)c1ccccc1. The molecule has 3 atom stereocenters. The Hall–Kier alpha value is -0.860. The van der Waals surface area contributed by atoms with Gasteiger partial charge in [0.15, 0.2) is 0 Å².